The molecule has 0 amide bonds. The molecule has 0 saturated heterocycles. The van der Waals surface area contributed by atoms with Gasteiger partial charge in [-0.3, -0.25) is 0 Å². The number of para-hydroxylation sites is 1. The van der Waals surface area contributed by atoms with Gasteiger partial charge in [0.05, 0.1) is 47.6 Å². The third-order valence-electron chi connectivity index (χ3n) is 8.27. The first kappa shape index (κ1) is 38.3. The summed E-state index contributed by atoms with van der Waals surface area (Å²) in [6.07, 6.45) is -6.54. The fourth-order valence-corrected chi connectivity index (χ4v) is 5.99. The zero-order valence-corrected chi connectivity index (χ0v) is 29.7. The van der Waals surface area contributed by atoms with E-state index in [-0.39, 0.29) is 48.2 Å². The Hall–Kier alpha value is -4.92. The minimum atomic E-state index is -5.05. The quantitative estimate of drug-likeness (QED) is 0.117. The van der Waals surface area contributed by atoms with Crippen molar-refractivity contribution in [2.24, 2.45) is 0 Å². The molecule has 0 spiro atoms. The maximum Gasteiger partial charge on any atom is 0.416 e. The number of benzene rings is 3. The van der Waals surface area contributed by atoms with Crippen molar-refractivity contribution >= 4 is 26.7 Å². The zero-order chi connectivity index (χ0) is 38.0. The van der Waals surface area contributed by atoms with Gasteiger partial charge < -0.3 is 14.4 Å². The number of ether oxygens (including phenoxy) is 2. The normalized spacial score (nSPS) is 12.4. The van der Waals surface area contributed by atoms with Crippen molar-refractivity contribution in [2.75, 3.05) is 30.6 Å². The molecule has 3 aromatic carbocycles. The molecule has 15 heteroatoms. The molecule has 0 saturated carbocycles. The monoisotopic (exact) mass is 746 g/mol. The second-order valence-corrected chi connectivity index (χ2v) is 15.0. The number of sulfone groups is 1. The summed E-state index contributed by atoms with van der Waals surface area (Å²) >= 11 is 0. The van der Waals surface area contributed by atoms with E-state index in [4.69, 9.17) is 14.5 Å². The SMILES string of the molecule is COc1ccc(C(C)C)cc1-c1nc2c(C)cccc2cc1CN(Cc1cc(C(F)(F)F)cc(C(F)(F)F)c1)c1ncc(OCCS(C)(=O)=O)cn1. The Bertz CT molecular complexity index is 2140. The van der Waals surface area contributed by atoms with Crippen molar-refractivity contribution in [1.82, 2.24) is 15.0 Å². The van der Waals surface area contributed by atoms with E-state index < -0.39 is 39.9 Å². The van der Waals surface area contributed by atoms with Gasteiger partial charge in [0.1, 0.15) is 12.4 Å². The van der Waals surface area contributed by atoms with Crippen LogP contribution in [0.4, 0.5) is 32.3 Å². The number of rotatable bonds is 12. The predicted octanol–water partition coefficient (Wildman–Crippen LogP) is 8.80. The second-order valence-electron chi connectivity index (χ2n) is 12.7. The van der Waals surface area contributed by atoms with Crippen molar-refractivity contribution in [1.29, 1.82) is 0 Å². The van der Waals surface area contributed by atoms with Crippen molar-refractivity contribution in [3.8, 4) is 22.8 Å². The molecule has 0 radical (unpaired) electrons. The van der Waals surface area contributed by atoms with Gasteiger partial charge in [-0.1, -0.05) is 38.1 Å². The molecule has 2 heterocycles. The van der Waals surface area contributed by atoms with E-state index in [1.165, 1.54) is 24.4 Å². The minimum absolute atomic E-state index is 0.0420. The van der Waals surface area contributed by atoms with Crippen LogP contribution in [0.15, 0.2) is 73.1 Å². The van der Waals surface area contributed by atoms with Crippen LogP contribution in [0.2, 0.25) is 0 Å². The highest BCUT2D eigenvalue weighted by atomic mass is 32.2. The molecular formula is C37H36F6N4O4S. The summed E-state index contributed by atoms with van der Waals surface area (Å²) in [6, 6.07) is 14.6. The zero-order valence-electron chi connectivity index (χ0n) is 28.9. The lowest BCUT2D eigenvalue weighted by atomic mass is 9.95. The van der Waals surface area contributed by atoms with E-state index in [2.05, 4.69) is 9.97 Å². The lowest BCUT2D eigenvalue weighted by Crippen LogP contribution is -2.25. The molecule has 0 atom stereocenters. The van der Waals surface area contributed by atoms with E-state index in [0.29, 0.717) is 40.2 Å². The first-order chi connectivity index (χ1) is 24.3. The molecule has 0 bridgehead atoms. The molecule has 5 rings (SSSR count). The Labute approximate surface area is 297 Å². The van der Waals surface area contributed by atoms with E-state index in [9.17, 15) is 34.8 Å². The van der Waals surface area contributed by atoms with E-state index >= 15 is 0 Å². The molecule has 0 aliphatic heterocycles. The number of nitrogens with zero attached hydrogens (tertiary/aromatic N) is 4. The summed E-state index contributed by atoms with van der Waals surface area (Å²) < 4.78 is 117. The number of aromatic nitrogens is 3. The van der Waals surface area contributed by atoms with E-state index in [0.717, 1.165) is 22.8 Å². The van der Waals surface area contributed by atoms with Gasteiger partial charge in [-0.2, -0.15) is 26.3 Å². The van der Waals surface area contributed by atoms with Gasteiger partial charge in [-0.15, -0.1) is 0 Å². The van der Waals surface area contributed by atoms with E-state index in [1.54, 1.807) is 0 Å². The van der Waals surface area contributed by atoms with Crippen LogP contribution >= 0.6 is 0 Å². The number of fused-ring (bicyclic) bond motifs is 1. The van der Waals surface area contributed by atoms with Gasteiger partial charge in [0.15, 0.2) is 15.6 Å². The van der Waals surface area contributed by atoms with Gasteiger partial charge in [0.25, 0.3) is 0 Å². The number of halogens is 6. The Kier molecular flexibility index (Phi) is 11.0. The Balaban J connectivity index is 1.67. The first-order valence-corrected chi connectivity index (χ1v) is 18.1. The smallest absolute Gasteiger partial charge is 0.416 e. The van der Waals surface area contributed by atoms with Crippen molar-refractivity contribution < 1.29 is 44.2 Å². The van der Waals surface area contributed by atoms with Crippen molar-refractivity contribution in [3.63, 3.8) is 0 Å². The number of alkyl halides is 6. The molecule has 52 heavy (non-hydrogen) atoms. The van der Waals surface area contributed by atoms with Crippen LogP contribution in [0.25, 0.3) is 22.2 Å². The highest BCUT2D eigenvalue weighted by Crippen LogP contribution is 2.39. The number of anilines is 1. The highest BCUT2D eigenvalue weighted by molar-refractivity contribution is 7.90. The average Bonchev–Trinajstić information content (AvgIpc) is 3.06. The second kappa shape index (κ2) is 15.0. The summed E-state index contributed by atoms with van der Waals surface area (Å²) in [5.74, 6) is 0.458. The fourth-order valence-electron chi connectivity index (χ4n) is 5.61. The maximum absolute atomic E-state index is 13.9. The molecule has 0 aliphatic carbocycles. The summed E-state index contributed by atoms with van der Waals surface area (Å²) in [6.45, 7) is 5.22. The van der Waals surface area contributed by atoms with Crippen LogP contribution in [0.1, 0.15) is 53.1 Å². The molecular weight excluding hydrogens is 710 g/mol. The van der Waals surface area contributed by atoms with Crippen LogP contribution in [0, 0.1) is 6.92 Å². The summed E-state index contributed by atoms with van der Waals surface area (Å²) in [7, 11) is -1.80. The number of methoxy groups -OCH3 is 1. The van der Waals surface area contributed by atoms with Gasteiger partial charge in [-0.05, 0) is 71.5 Å². The highest BCUT2D eigenvalue weighted by Gasteiger charge is 2.37. The number of aryl methyl sites for hydroxylation is 1. The van der Waals surface area contributed by atoms with Gasteiger partial charge >= 0.3 is 12.4 Å². The molecule has 2 aromatic heterocycles. The van der Waals surface area contributed by atoms with Crippen LogP contribution in [0.5, 0.6) is 11.5 Å². The number of pyridine rings is 1. The lowest BCUT2D eigenvalue weighted by molar-refractivity contribution is -0.143. The number of hydrogen-bond donors (Lipinski definition) is 0. The molecule has 0 aliphatic rings. The third kappa shape index (κ3) is 9.29. The lowest BCUT2D eigenvalue weighted by Gasteiger charge is -2.26. The van der Waals surface area contributed by atoms with Crippen molar-refractivity contribution in [3.05, 3.63) is 106 Å². The number of hydrogen-bond acceptors (Lipinski definition) is 8. The largest absolute Gasteiger partial charge is 0.496 e. The molecule has 5 aromatic rings. The molecule has 8 nitrogen and oxygen atoms in total. The summed E-state index contributed by atoms with van der Waals surface area (Å²) in [5.41, 5.74) is 1.09. The minimum Gasteiger partial charge on any atom is -0.496 e. The summed E-state index contributed by atoms with van der Waals surface area (Å²) in [5, 5.41) is 0.756. The van der Waals surface area contributed by atoms with E-state index in [1.807, 2.05) is 63.2 Å². The average molecular weight is 747 g/mol. The Morgan fingerprint density at radius 3 is 2.10 bits per heavy atom. The third-order valence-corrected chi connectivity index (χ3v) is 9.18. The Morgan fingerprint density at radius 1 is 0.865 bits per heavy atom. The standard InChI is InChI=1S/C37H36F6N4O4S/c1-22(2)25-9-10-32(50-4)31(16-25)34-27(15-26-8-6-7-23(3)33(26)46-34)21-47(35-44-18-30(19-45-35)51-11-12-52(5,48)49)20-24-13-28(36(38,39)40)17-29(14-24)37(41,42)43/h6-10,13-19,22H,11-12,20-21H2,1-5H3. The first-order valence-electron chi connectivity index (χ1n) is 16.1. The maximum atomic E-state index is 13.9. The molecule has 0 unspecified atom stereocenters. The van der Waals surface area contributed by atoms with Crippen LogP contribution in [-0.2, 0) is 35.3 Å². The van der Waals surface area contributed by atoms with Gasteiger partial charge in [0, 0.05) is 30.3 Å². The molecule has 0 fully saturated rings. The predicted molar refractivity (Wildman–Crippen MR) is 186 cm³/mol. The van der Waals surface area contributed by atoms with Gasteiger partial charge in [0.2, 0.25) is 5.95 Å². The topological polar surface area (TPSA) is 94.5 Å². The van der Waals surface area contributed by atoms with Crippen LogP contribution in [0.3, 0.4) is 0 Å². The van der Waals surface area contributed by atoms with Gasteiger partial charge in [-0.25, -0.2) is 23.4 Å². The molecule has 0 N–H and O–H groups in total. The summed E-state index contributed by atoms with van der Waals surface area (Å²) in [4.78, 5) is 15.2. The fraction of sp³-hybridized carbons (Fsp3) is 0.324. The molecule has 276 valence electrons. The van der Waals surface area contributed by atoms with Crippen LogP contribution < -0.4 is 14.4 Å². The Morgan fingerprint density at radius 2 is 1.52 bits per heavy atom. The van der Waals surface area contributed by atoms with Crippen LogP contribution in [-0.4, -0.2) is 49.1 Å². The van der Waals surface area contributed by atoms with Crippen molar-refractivity contribution in [2.45, 2.75) is 52.1 Å².